The molecule has 0 spiro atoms. The molecular formula is C9H14N3O8P. The first-order valence-corrected chi connectivity index (χ1v) is 7.50. The Morgan fingerprint density at radius 1 is 1.57 bits per heavy atom. The molecule has 2 heterocycles. The van der Waals surface area contributed by atoms with Crippen LogP contribution in [0.1, 0.15) is 0 Å². The summed E-state index contributed by atoms with van der Waals surface area (Å²) in [5, 5.41) is 19.5. The van der Waals surface area contributed by atoms with Crippen LogP contribution < -0.4 is 11.4 Å². The second-order valence-corrected chi connectivity index (χ2v) is 5.98. The largest absolute Gasteiger partial charge is 0.388 e. The zero-order valence-corrected chi connectivity index (χ0v) is 11.5. The van der Waals surface area contributed by atoms with Gasteiger partial charge in [-0.25, -0.2) is 9.36 Å². The summed E-state index contributed by atoms with van der Waals surface area (Å²) in [6.07, 6.45) is -3.22. The Bertz CT molecular complexity index is 630. The summed E-state index contributed by atoms with van der Waals surface area (Å²) in [6.45, 7) is -0.404. The third-order valence-electron chi connectivity index (χ3n) is 2.80. The van der Waals surface area contributed by atoms with Crippen LogP contribution in [0.15, 0.2) is 17.1 Å². The number of hydrogen-bond acceptors (Lipinski definition) is 8. The van der Waals surface area contributed by atoms with E-state index in [-0.39, 0.29) is 5.82 Å². The number of rotatable bonds is 4. The van der Waals surface area contributed by atoms with Gasteiger partial charge in [0, 0.05) is 6.20 Å². The van der Waals surface area contributed by atoms with Gasteiger partial charge in [-0.15, -0.1) is 0 Å². The molecule has 1 aromatic heterocycles. The lowest BCUT2D eigenvalue weighted by molar-refractivity contribution is -0.300. The van der Waals surface area contributed by atoms with Crippen LogP contribution in [0.2, 0.25) is 0 Å². The third-order valence-corrected chi connectivity index (χ3v) is 3.27. The number of nitrogen functional groups attached to an aromatic ring is 1. The van der Waals surface area contributed by atoms with E-state index in [1.165, 1.54) is 6.07 Å². The number of nitrogens with two attached hydrogens (primary N) is 1. The van der Waals surface area contributed by atoms with Crippen molar-refractivity contribution in [3.63, 3.8) is 0 Å². The van der Waals surface area contributed by atoms with Crippen LogP contribution in [0, 0.1) is 0 Å². The van der Waals surface area contributed by atoms with Gasteiger partial charge >= 0.3 is 13.3 Å². The first-order valence-electron chi connectivity index (χ1n) is 5.70. The second-order valence-electron chi connectivity index (χ2n) is 4.40. The van der Waals surface area contributed by atoms with Crippen molar-refractivity contribution in [2.45, 2.75) is 18.1 Å². The van der Waals surface area contributed by atoms with Crippen LogP contribution >= 0.6 is 7.60 Å². The predicted molar refractivity (Wildman–Crippen MR) is 66.8 cm³/mol. The molecule has 6 N–H and O–H groups in total. The van der Waals surface area contributed by atoms with E-state index < -0.39 is 44.4 Å². The Morgan fingerprint density at radius 3 is 2.71 bits per heavy atom. The summed E-state index contributed by atoms with van der Waals surface area (Å²) in [7, 11) is -4.61. The second kappa shape index (κ2) is 5.46. The number of ether oxygens (including phenoxy) is 2. The van der Waals surface area contributed by atoms with Crippen molar-refractivity contribution in [1.29, 1.82) is 0 Å². The van der Waals surface area contributed by atoms with Gasteiger partial charge < -0.3 is 35.2 Å². The van der Waals surface area contributed by atoms with Gasteiger partial charge in [-0.3, -0.25) is 4.57 Å². The van der Waals surface area contributed by atoms with Gasteiger partial charge in [0.05, 0.1) is 6.61 Å². The smallest absolute Gasteiger partial charge is 0.353 e. The fraction of sp³-hybridized carbons (Fsp3) is 0.556. The van der Waals surface area contributed by atoms with Crippen molar-refractivity contribution in [1.82, 2.24) is 9.55 Å². The molecule has 2 rings (SSSR count). The van der Waals surface area contributed by atoms with Gasteiger partial charge in [0.15, 0.2) is 12.5 Å². The molecule has 0 aliphatic carbocycles. The molecule has 0 saturated carbocycles. The number of nitrogens with zero attached hydrogens (tertiary/aromatic N) is 2. The van der Waals surface area contributed by atoms with Gasteiger partial charge in [0.2, 0.25) is 0 Å². The summed E-state index contributed by atoms with van der Waals surface area (Å²) < 4.78 is 21.6. The van der Waals surface area contributed by atoms with Crippen LogP contribution in [0.5, 0.6) is 0 Å². The van der Waals surface area contributed by atoms with Gasteiger partial charge in [-0.1, -0.05) is 0 Å². The highest BCUT2D eigenvalue weighted by atomic mass is 31.2. The van der Waals surface area contributed by atoms with Crippen molar-refractivity contribution in [2.75, 3.05) is 18.7 Å². The van der Waals surface area contributed by atoms with Crippen LogP contribution in [-0.2, 0) is 19.9 Å². The van der Waals surface area contributed by atoms with Crippen LogP contribution in [0.25, 0.3) is 0 Å². The predicted octanol–water partition coefficient (Wildman–Crippen LogP) is -2.66. The van der Waals surface area contributed by atoms with Crippen molar-refractivity contribution in [3.8, 4) is 0 Å². The molecule has 21 heavy (non-hydrogen) atoms. The van der Waals surface area contributed by atoms with E-state index in [1.807, 2.05) is 0 Å². The topological polar surface area (TPSA) is 177 Å². The minimum absolute atomic E-state index is 0.102. The molecule has 1 saturated heterocycles. The first kappa shape index (κ1) is 16.0. The monoisotopic (exact) mass is 323 g/mol. The fourth-order valence-corrected chi connectivity index (χ4v) is 2.22. The SMILES string of the molecule is Nc1ccn(C2(OCP(=O)(O)O)OC[C@@H](O)[C@H]2O)c(=O)n1. The zero-order chi connectivity index (χ0) is 15.8. The Balaban J connectivity index is 2.46. The molecule has 11 nitrogen and oxygen atoms in total. The van der Waals surface area contributed by atoms with E-state index in [4.69, 9.17) is 25.0 Å². The van der Waals surface area contributed by atoms with E-state index >= 15 is 0 Å². The number of hydrogen-bond donors (Lipinski definition) is 5. The number of aliphatic hydroxyl groups is 2. The summed E-state index contributed by atoms with van der Waals surface area (Å²) in [5.41, 5.74) is 4.35. The van der Waals surface area contributed by atoms with Crippen molar-refractivity contribution >= 4 is 13.4 Å². The molecule has 118 valence electrons. The molecular weight excluding hydrogens is 309 g/mol. The van der Waals surface area contributed by atoms with Crippen molar-refractivity contribution in [3.05, 3.63) is 22.7 Å². The molecule has 1 aliphatic rings. The number of aliphatic hydroxyl groups excluding tert-OH is 2. The lowest BCUT2D eigenvalue weighted by Crippen LogP contribution is -2.52. The number of anilines is 1. The minimum Gasteiger partial charge on any atom is -0.388 e. The maximum atomic E-state index is 11.8. The summed E-state index contributed by atoms with van der Waals surface area (Å²) >= 11 is 0. The normalized spacial score (nSPS) is 29.7. The Labute approximate surface area is 117 Å². The highest BCUT2D eigenvalue weighted by Crippen LogP contribution is 2.40. The zero-order valence-electron chi connectivity index (χ0n) is 10.6. The van der Waals surface area contributed by atoms with E-state index in [0.717, 1.165) is 6.20 Å². The van der Waals surface area contributed by atoms with Crippen LogP contribution in [0.4, 0.5) is 5.82 Å². The van der Waals surface area contributed by atoms with Gasteiger partial charge in [-0.2, -0.15) is 4.98 Å². The lowest BCUT2D eigenvalue weighted by Gasteiger charge is -2.32. The summed E-state index contributed by atoms with van der Waals surface area (Å²) in [6, 6.07) is 1.20. The van der Waals surface area contributed by atoms with E-state index in [1.54, 1.807) is 0 Å². The van der Waals surface area contributed by atoms with E-state index in [9.17, 15) is 19.6 Å². The maximum Gasteiger partial charge on any atom is 0.353 e. The maximum absolute atomic E-state index is 11.8. The lowest BCUT2D eigenvalue weighted by atomic mass is 10.2. The standard InChI is InChI=1S/C9H14N3O8P/c10-6-1-2-12(8(15)11-6)9(20-4-21(16,17)18)7(14)5(13)3-19-9/h1-2,5,7,13-14H,3-4H2,(H2,10,11,15)(H2,16,17,18)/t5-,7-,9?/m1/s1. The fourth-order valence-electron chi connectivity index (χ4n) is 1.86. The molecule has 1 aliphatic heterocycles. The summed E-state index contributed by atoms with van der Waals surface area (Å²) in [4.78, 5) is 33.0. The number of aromatic nitrogens is 2. The molecule has 1 fully saturated rings. The molecule has 1 unspecified atom stereocenters. The Hall–Kier alpha value is -1.33. The molecule has 0 radical (unpaired) electrons. The van der Waals surface area contributed by atoms with Crippen molar-refractivity contribution < 1.29 is 34.0 Å². The van der Waals surface area contributed by atoms with E-state index in [0.29, 0.717) is 4.57 Å². The Kier molecular flexibility index (Phi) is 4.17. The summed E-state index contributed by atoms with van der Waals surface area (Å²) in [5.74, 6) is -2.40. The molecule has 0 bridgehead atoms. The molecule has 3 atom stereocenters. The van der Waals surface area contributed by atoms with Gasteiger partial charge in [0.1, 0.15) is 11.9 Å². The van der Waals surface area contributed by atoms with E-state index in [2.05, 4.69) is 4.98 Å². The van der Waals surface area contributed by atoms with Crippen LogP contribution in [-0.4, -0.2) is 54.7 Å². The van der Waals surface area contributed by atoms with Crippen LogP contribution in [0.3, 0.4) is 0 Å². The van der Waals surface area contributed by atoms with Crippen molar-refractivity contribution in [2.24, 2.45) is 0 Å². The average molecular weight is 323 g/mol. The molecule has 1 aromatic rings. The van der Waals surface area contributed by atoms with Gasteiger partial charge in [0.25, 0.3) is 5.91 Å². The molecule has 0 aromatic carbocycles. The molecule has 12 heteroatoms. The highest BCUT2D eigenvalue weighted by Gasteiger charge is 2.53. The Morgan fingerprint density at radius 2 is 2.24 bits per heavy atom. The first-order chi connectivity index (χ1) is 9.66. The highest BCUT2D eigenvalue weighted by molar-refractivity contribution is 7.51. The third kappa shape index (κ3) is 3.14. The average Bonchev–Trinajstić information content (AvgIpc) is 2.65. The quantitative estimate of drug-likeness (QED) is 0.367. The van der Waals surface area contributed by atoms with Gasteiger partial charge in [-0.05, 0) is 6.07 Å². The minimum atomic E-state index is -4.61. The molecule has 0 amide bonds.